The molecule has 0 saturated heterocycles. The monoisotopic (exact) mass is 1090 g/mol. The molecule has 78 heavy (non-hydrogen) atoms. The van der Waals surface area contributed by atoms with Gasteiger partial charge in [0, 0.05) is 81.1 Å². The van der Waals surface area contributed by atoms with Crippen molar-refractivity contribution in [3.05, 3.63) is 114 Å². The second-order valence-electron chi connectivity index (χ2n) is 20.4. The van der Waals surface area contributed by atoms with Gasteiger partial charge >= 0.3 is 0 Å². The van der Waals surface area contributed by atoms with Gasteiger partial charge in [0.2, 0.25) is 47.3 Å². The quantitative estimate of drug-likeness (QED) is 0.0330. The van der Waals surface area contributed by atoms with E-state index in [1.807, 2.05) is 62.6 Å². The van der Waals surface area contributed by atoms with Gasteiger partial charge in [-0.25, -0.2) is 8.78 Å². The highest BCUT2D eigenvalue weighted by Crippen LogP contribution is 2.41. The van der Waals surface area contributed by atoms with Crippen LogP contribution < -0.4 is 43.0 Å². The number of halogens is 2. The summed E-state index contributed by atoms with van der Waals surface area (Å²) in [4.78, 5) is 111. The van der Waals surface area contributed by atoms with Crippen molar-refractivity contribution in [1.29, 1.82) is 0 Å². The molecule has 0 radical (unpaired) electrons. The number of nitrogens with two attached hydrogens (primary N) is 1. The number of nitrogens with zero attached hydrogens (tertiary/aromatic N) is 3. The van der Waals surface area contributed by atoms with Gasteiger partial charge in [-0.2, -0.15) is 0 Å². The van der Waals surface area contributed by atoms with Crippen LogP contribution in [0.15, 0.2) is 85.3 Å². The summed E-state index contributed by atoms with van der Waals surface area (Å²) in [6.45, 7) is 10.7. The summed E-state index contributed by atoms with van der Waals surface area (Å²) >= 11 is 0. The van der Waals surface area contributed by atoms with Gasteiger partial charge in [0.15, 0.2) is 0 Å². The fourth-order valence-electron chi connectivity index (χ4n) is 8.88. The third-order valence-electron chi connectivity index (χ3n) is 12.7. The molecule has 2 aromatic heterocycles. The standard InChI is InChI=1S/C56H77F2N11O9/c1-8-9-11-16-44(66-37(4)71)53(76)61-24-25-62-54(77)45(67-55(78)46(30-48(59)72)63-31-35(2)64-52(75)36(3)65-49(73)27-38-19-22-60-23-20-38)21-26-69(50(74)34-70)51(56(5,6)7)47-28-40(42-29-41(57)17-18-43(42)58)33-68(47)32-39-14-12-10-13-15-39/h10,12-15,17-20,22-23,28-29,33,35-36,44-46,51,63,70H,8-9,11,16,21,24-27,30-32,34H2,1-7H3,(H2,59,72)(H,61,76)(H,62,77)(H,64,75)(H,65,73)(H,66,71)(H,67,78)/t35-,36+,44+,45+,46+,51+/m1/s1. The molecule has 0 bridgehead atoms. The normalized spacial score (nSPS) is 13.6. The highest BCUT2D eigenvalue weighted by Gasteiger charge is 2.38. The number of hydrogen-bond donors (Lipinski definition) is 9. The molecule has 2 heterocycles. The predicted molar refractivity (Wildman–Crippen MR) is 289 cm³/mol. The smallest absolute Gasteiger partial charge is 0.248 e. The van der Waals surface area contributed by atoms with Crippen molar-refractivity contribution in [1.82, 2.24) is 51.7 Å². The van der Waals surface area contributed by atoms with E-state index < -0.39 is 108 Å². The fourth-order valence-corrected chi connectivity index (χ4v) is 8.88. The molecule has 20 nitrogen and oxygen atoms in total. The maximum atomic E-state index is 15.4. The van der Waals surface area contributed by atoms with Crippen molar-refractivity contribution < 1.29 is 52.2 Å². The maximum Gasteiger partial charge on any atom is 0.248 e. The average Bonchev–Trinajstić information content (AvgIpc) is 3.81. The number of primary amides is 1. The zero-order valence-electron chi connectivity index (χ0n) is 45.6. The van der Waals surface area contributed by atoms with Crippen LogP contribution in [0, 0.1) is 17.0 Å². The fraction of sp³-hybridized carbons (Fsp3) is 0.482. The van der Waals surface area contributed by atoms with Crippen LogP contribution in [-0.2, 0) is 51.3 Å². The topological polar surface area (TPSA) is 288 Å². The van der Waals surface area contributed by atoms with Crippen molar-refractivity contribution in [2.75, 3.05) is 32.8 Å². The van der Waals surface area contributed by atoms with Crippen LogP contribution in [0.4, 0.5) is 8.78 Å². The van der Waals surface area contributed by atoms with Crippen LogP contribution >= 0.6 is 0 Å². The summed E-state index contributed by atoms with van der Waals surface area (Å²) in [5.41, 5.74) is 7.08. The molecular formula is C56H77F2N11O9. The molecule has 2 aromatic carbocycles. The van der Waals surface area contributed by atoms with Gasteiger partial charge in [0.25, 0.3) is 0 Å². The predicted octanol–water partition coefficient (Wildman–Crippen LogP) is 3.06. The van der Waals surface area contributed by atoms with Gasteiger partial charge in [-0.1, -0.05) is 77.3 Å². The van der Waals surface area contributed by atoms with E-state index in [2.05, 4.69) is 42.2 Å². The van der Waals surface area contributed by atoms with Crippen LogP contribution in [0.5, 0.6) is 0 Å². The largest absolute Gasteiger partial charge is 0.387 e. The highest BCUT2D eigenvalue weighted by molar-refractivity contribution is 5.93. The molecule has 0 spiro atoms. The lowest BCUT2D eigenvalue weighted by Gasteiger charge is -2.41. The number of benzene rings is 2. The Kier molecular flexibility index (Phi) is 25.0. The van der Waals surface area contributed by atoms with Crippen molar-refractivity contribution in [3.63, 3.8) is 0 Å². The number of aliphatic hydroxyl groups excluding tert-OH is 1. The number of amides is 8. The minimum absolute atomic E-state index is 0.0212. The van der Waals surface area contributed by atoms with Gasteiger partial charge in [0.1, 0.15) is 36.4 Å². The van der Waals surface area contributed by atoms with E-state index in [1.165, 1.54) is 18.7 Å². The van der Waals surface area contributed by atoms with Gasteiger partial charge in [-0.05, 0) is 79.6 Å². The molecule has 0 unspecified atom stereocenters. The van der Waals surface area contributed by atoms with E-state index in [-0.39, 0.29) is 57.0 Å². The molecule has 0 saturated carbocycles. The molecule has 6 atom stereocenters. The molecule has 4 aromatic rings. The van der Waals surface area contributed by atoms with Crippen LogP contribution in [-0.4, -0.2) is 130 Å². The minimum atomic E-state index is -1.44. The molecule has 0 aliphatic rings. The number of unbranched alkanes of at least 4 members (excludes halogenated alkanes) is 2. The van der Waals surface area contributed by atoms with Crippen LogP contribution in [0.3, 0.4) is 0 Å². The molecular weight excluding hydrogens is 1010 g/mol. The number of carbonyl (C=O) groups excluding carboxylic acids is 8. The summed E-state index contributed by atoms with van der Waals surface area (Å²) < 4.78 is 31.9. The van der Waals surface area contributed by atoms with Crippen molar-refractivity contribution in [3.8, 4) is 11.1 Å². The van der Waals surface area contributed by atoms with E-state index in [0.717, 1.165) is 36.6 Å². The number of pyridine rings is 1. The van der Waals surface area contributed by atoms with Gasteiger partial charge in [-0.15, -0.1) is 0 Å². The Morgan fingerprint density at radius 1 is 0.769 bits per heavy atom. The minimum Gasteiger partial charge on any atom is -0.387 e. The highest BCUT2D eigenvalue weighted by atomic mass is 19.1. The number of nitrogens with one attached hydrogen (secondary N) is 7. The number of hydrogen-bond acceptors (Lipinski definition) is 11. The second kappa shape index (κ2) is 31.0. The first-order valence-corrected chi connectivity index (χ1v) is 26.2. The zero-order valence-corrected chi connectivity index (χ0v) is 45.6. The molecule has 424 valence electrons. The van der Waals surface area contributed by atoms with Gasteiger partial charge < -0.3 is 57.5 Å². The molecule has 10 N–H and O–H groups in total. The van der Waals surface area contributed by atoms with Crippen molar-refractivity contribution in [2.24, 2.45) is 11.1 Å². The van der Waals surface area contributed by atoms with E-state index in [0.29, 0.717) is 29.7 Å². The summed E-state index contributed by atoms with van der Waals surface area (Å²) in [6.07, 6.45) is 6.78. The summed E-state index contributed by atoms with van der Waals surface area (Å²) in [6, 6.07) is 11.3. The summed E-state index contributed by atoms with van der Waals surface area (Å²) in [5, 5.41) is 29.7. The Hall–Kier alpha value is -7.59. The van der Waals surface area contributed by atoms with Crippen LogP contribution in [0.2, 0.25) is 0 Å². The van der Waals surface area contributed by atoms with E-state index in [4.69, 9.17) is 5.73 Å². The van der Waals surface area contributed by atoms with Gasteiger partial charge in [-0.3, -0.25) is 43.3 Å². The SMILES string of the molecule is CCCCC[C@H](NC(C)=O)C(=O)NCCNC(=O)[C@H](CCN(C(=O)CO)[C@@H](c1cc(-c2cc(F)ccc2F)cn1Cc1ccccc1)C(C)(C)C)NC(=O)[C@H](CC(N)=O)NC[C@@H](C)NC(=O)[C@H](C)NC(=O)Cc1ccncc1. The Labute approximate surface area is 454 Å². The molecule has 22 heteroatoms. The Morgan fingerprint density at radius 3 is 2.03 bits per heavy atom. The summed E-state index contributed by atoms with van der Waals surface area (Å²) in [7, 11) is 0. The Balaban J connectivity index is 1.63. The van der Waals surface area contributed by atoms with Crippen molar-refractivity contribution in [2.45, 2.75) is 136 Å². The van der Waals surface area contributed by atoms with Crippen LogP contribution in [0.1, 0.15) is 110 Å². The molecule has 8 amide bonds. The lowest BCUT2D eigenvalue weighted by molar-refractivity contribution is -0.140. The zero-order chi connectivity index (χ0) is 57.5. The number of carbonyl (C=O) groups is 8. The van der Waals surface area contributed by atoms with Crippen molar-refractivity contribution >= 4 is 47.3 Å². The average molecular weight is 1090 g/mol. The summed E-state index contributed by atoms with van der Waals surface area (Å²) in [5.74, 6) is -6.36. The second-order valence-corrected chi connectivity index (χ2v) is 20.4. The molecule has 0 aliphatic heterocycles. The lowest BCUT2D eigenvalue weighted by Crippen LogP contribution is -2.57. The maximum absolute atomic E-state index is 15.4. The first-order chi connectivity index (χ1) is 37.0. The van der Waals surface area contributed by atoms with E-state index in [1.54, 1.807) is 43.7 Å². The van der Waals surface area contributed by atoms with Crippen LogP contribution in [0.25, 0.3) is 11.1 Å². The van der Waals surface area contributed by atoms with E-state index >= 15 is 4.39 Å². The van der Waals surface area contributed by atoms with E-state index in [9.17, 15) is 47.9 Å². The molecule has 0 fully saturated rings. The first kappa shape index (κ1) is 62.9. The third-order valence-corrected chi connectivity index (χ3v) is 12.7. The third kappa shape index (κ3) is 20.4. The number of aliphatic hydroxyl groups is 1. The lowest BCUT2D eigenvalue weighted by atomic mass is 9.82. The Bertz CT molecular complexity index is 2650. The Morgan fingerprint density at radius 2 is 1.42 bits per heavy atom. The number of aromatic nitrogens is 2. The molecule has 4 rings (SSSR count). The van der Waals surface area contributed by atoms with Gasteiger partial charge in [0.05, 0.1) is 24.9 Å². The first-order valence-electron chi connectivity index (χ1n) is 26.2. The number of rotatable bonds is 31. The molecule has 0 aliphatic carbocycles.